The first-order valence-corrected chi connectivity index (χ1v) is 6.80. The van der Waals surface area contributed by atoms with Crippen LogP contribution < -0.4 is 5.32 Å². The normalized spacial score (nSPS) is 20.6. The van der Waals surface area contributed by atoms with Crippen LogP contribution in [0.5, 0.6) is 0 Å². The Balaban J connectivity index is 3.04. The van der Waals surface area contributed by atoms with E-state index in [1.165, 1.54) is 6.20 Å². The van der Waals surface area contributed by atoms with E-state index >= 15 is 0 Å². The van der Waals surface area contributed by atoms with Crippen LogP contribution in [0.15, 0.2) is 11.8 Å². The van der Waals surface area contributed by atoms with Gasteiger partial charge in [0.2, 0.25) is 0 Å². The van der Waals surface area contributed by atoms with Gasteiger partial charge in [-0.1, -0.05) is 0 Å². The Bertz CT molecular complexity index is 464. The van der Waals surface area contributed by atoms with Gasteiger partial charge in [0.25, 0.3) is 5.91 Å². The van der Waals surface area contributed by atoms with Gasteiger partial charge in [0.1, 0.15) is 11.6 Å². The van der Waals surface area contributed by atoms with Crippen molar-refractivity contribution in [2.45, 2.75) is 45.8 Å². The van der Waals surface area contributed by atoms with Crippen molar-refractivity contribution in [3.63, 3.8) is 0 Å². The second kappa shape index (κ2) is 6.60. The highest BCUT2D eigenvalue weighted by Crippen LogP contribution is 2.27. The molecule has 0 unspecified atom stereocenters. The Morgan fingerprint density at radius 3 is 2.52 bits per heavy atom. The fourth-order valence-corrected chi connectivity index (χ4v) is 1.93. The molecule has 7 nitrogen and oxygen atoms in total. The highest BCUT2D eigenvalue weighted by atomic mass is 16.6. The molecule has 21 heavy (non-hydrogen) atoms. The average molecular weight is 298 g/mol. The average Bonchev–Trinajstić information content (AvgIpc) is 2.66. The van der Waals surface area contributed by atoms with Crippen molar-refractivity contribution in [1.82, 2.24) is 10.2 Å². The summed E-state index contributed by atoms with van der Waals surface area (Å²) in [6.45, 7) is 6.91. The first-order valence-electron chi connectivity index (χ1n) is 6.80. The smallest absolute Gasteiger partial charge is 0.418 e. The van der Waals surface area contributed by atoms with Crippen molar-refractivity contribution in [2.24, 2.45) is 0 Å². The molecule has 1 N–H and O–H groups in total. The van der Waals surface area contributed by atoms with E-state index in [0.29, 0.717) is 5.57 Å². The van der Waals surface area contributed by atoms with Gasteiger partial charge in [-0.2, -0.15) is 0 Å². The fraction of sp³-hybridized carbons (Fsp3) is 0.643. The maximum absolute atomic E-state index is 12.3. The molecule has 0 bridgehead atoms. The lowest BCUT2D eigenvalue weighted by atomic mass is 10.1. The second-order valence-electron chi connectivity index (χ2n) is 5.59. The van der Waals surface area contributed by atoms with E-state index in [-0.39, 0.29) is 13.0 Å². The van der Waals surface area contributed by atoms with Crippen molar-refractivity contribution in [3.8, 4) is 0 Å². The molecular weight excluding hydrogens is 276 g/mol. The summed E-state index contributed by atoms with van der Waals surface area (Å²) < 4.78 is 10.1. The number of likely N-dealkylation sites (tertiary alicyclic amines) is 1. The van der Waals surface area contributed by atoms with Gasteiger partial charge in [-0.3, -0.25) is 4.79 Å². The summed E-state index contributed by atoms with van der Waals surface area (Å²) >= 11 is 0. The summed E-state index contributed by atoms with van der Waals surface area (Å²) in [5, 5.41) is 2.73. The number of nitrogens with zero attached hydrogens (tertiary/aromatic N) is 1. The van der Waals surface area contributed by atoms with E-state index < -0.39 is 29.6 Å². The van der Waals surface area contributed by atoms with Crippen LogP contribution in [-0.2, 0) is 19.1 Å². The van der Waals surface area contributed by atoms with E-state index in [2.05, 4.69) is 5.32 Å². The molecule has 1 aliphatic heterocycles. The molecule has 118 valence electrons. The van der Waals surface area contributed by atoms with Crippen molar-refractivity contribution in [1.29, 1.82) is 0 Å². The zero-order valence-electron chi connectivity index (χ0n) is 13.1. The van der Waals surface area contributed by atoms with Crippen LogP contribution >= 0.6 is 0 Å². The van der Waals surface area contributed by atoms with Crippen molar-refractivity contribution < 1.29 is 23.9 Å². The second-order valence-corrected chi connectivity index (χ2v) is 5.59. The minimum Gasteiger partial charge on any atom is -0.464 e. The molecule has 0 saturated carbocycles. The Kier molecular flexibility index (Phi) is 5.34. The van der Waals surface area contributed by atoms with Gasteiger partial charge >= 0.3 is 12.1 Å². The lowest BCUT2D eigenvalue weighted by Gasteiger charge is -2.26. The molecule has 1 atom stereocenters. The maximum atomic E-state index is 12.3. The van der Waals surface area contributed by atoms with Crippen LogP contribution in [0.2, 0.25) is 0 Å². The Morgan fingerprint density at radius 2 is 2.05 bits per heavy atom. The number of ether oxygens (including phenoxy) is 2. The predicted molar refractivity (Wildman–Crippen MR) is 75.3 cm³/mol. The quantitative estimate of drug-likeness (QED) is 0.622. The van der Waals surface area contributed by atoms with Gasteiger partial charge in [-0.15, -0.1) is 0 Å². The molecule has 0 spiro atoms. The summed E-state index contributed by atoms with van der Waals surface area (Å²) in [4.78, 5) is 37.2. The monoisotopic (exact) mass is 298 g/mol. The maximum Gasteiger partial charge on any atom is 0.418 e. The molecule has 0 aliphatic carbocycles. The van der Waals surface area contributed by atoms with Crippen LogP contribution in [0, 0.1) is 0 Å². The molecular formula is C14H22N2O5. The summed E-state index contributed by atoms with van der Waals surface area (Å²) in [5.74, 6) is -1.16. The lowest BCUT2D eigenvalue weighted by Crippen LogP contribution is -2.46. The molecule has 0 aromatic rings. The highest BCUT2D eigenvalue weighted by molar-refractivity contribution is 6.08. The van der Waals surface area contributed by atoms with E-state index in [4.69, 9.17) is 9.47 Å². The van der Waals surface area contributed by atoms with Gasteiger partial charge in [0.05, 0.1) is 6.61 Å². The van der Waals surface area contributed by atoms with Crippen LogP contribution in [0.1, 0.15) is 34.1 Å². The number of amides is 2. The molecule has 7 heteroatoms. The Morgan fingerprint density at radius 1 is 1.43 bits per heavy atom. The summed E-state index contributed by atoms with van der Waals surface area (Å²) in [6.07, 6.45) is 0.737. The number of hydrogen-bond acceptors (Lipinski definition) is 6. The number of imide groups is 1. The first-order chi connectivity index (χ1) is 9.71. The zero-order valence-corrected chi connectivity index (χ0v) is 13.1. The Labute approximate surface area is 124 Å². The van der Waals surface area contributed by atoms with Gasteiger partial charge in [0, 0.05) is 25.2 Å². The number of carbonyl (C=O) groups is 3. The largest absolute Gasteiger partial charge is 0.464 e. The number of rotatable bonds is 3. The molecule has 0 aromatic heterocycles. The van der Waals surface area contributed by atoms with E-state index in [1.807, 2.05) is 0 Å². The predicted octanol–water partition coefficient (Wildman–Crippen LogP) is 1.19. The number of nitrogens with one attached hydrogen (secondary N) is 1. The van der Waals surface area contributed by atoms with Crippen molar-refractivity contribution in [3.05, 3.63) is 11.8 Å². The summed E-state index contributed by atoms with van der Waals surface area (Å²) in [6, 6.07) is -0.980. The topological polar surface area (TPSA) is 84.9 Å². The SMILES string of the molecule is CCOC(=O)[C@H]1C/C(=C\NC)C(=O)N1C(=O)OC(C)(C)C. The van der Waals surface area contributed by atoms with Gasteiger partial charge < -0.3 is 14.8 Å². The molecule has 2 amide bonds. The third-order valence-electron chi connectivity index (χ3n) is 2.69. The summed E-state index contributed by atoms with van der Waals surface area (Å²) in [7, 11) is 1.63. The van der Waals surface area contributed by atoms with E-state index in [1.54, 1.807) is 34.7 Å². The van der Waals surface area contributed by atoms with Gasteiger partial charge in [-0.05, 0) is 27.7 Å². The standard InChI is InChI=1S/C14H22N2O5/c1-6-20-12(18)10-7-9(8-15-5)11(17)16(10)13(19)21-14(2,3)4/h8,10,15H,6-7H2,1-5H3/b9-8+/t10-/m1/s1. The zero-order chi connectivity index (χ0) is 16.2. The molecule has 1 saturated heterocycles. The number of carbonyl (C=O) groups excluding carboxylic acids is 3. The van der Waals surface area contributed by atoms with Gasteiger partial charge in [0.15, 0.2) is 0 Å². The third kappa shape index (κ3) is 4.21. The summed E-state index contributed by atoms with van der Waals surface area (Å²) in [5.41, 5.74) is -0.423. The van der Waals surface area contributed by atoms with E-state index in [9.17, 15) is 14.4 Å². The lowest BCUT2D eigenvalue weighted by molar-refractivity contribution is -0.150. The fourth-order valence-electron chi connectivity index (χ4n) is 1.93. The Hall–Kier alpha value is -2.05. The van der Waals surface area contributed by atoms with Crippen molar-refractivity contribution in [2.75, 3.05) is 13.7 Å². The van der Waals surface area contributed by atoms with Crippen LogP contribution in [0.25, 0.3) is 0 Å². The molecule has 0 radical (unpaired) electrons. The molecule has 1 aliphatic rings. The van der Waals surface area contributed by atoms with E-state index in [0.717, 1.165) is 4.90 Å². The number of esters is 1. The van der Waals surface area contributed by atoms with Crippen molar-refractivity contribution >= 4 is 18.0 Å². The highest BCUT2D eigenvalue weighted by Gasteiger charge is 2.46. The minimum atomic E-state index is -0.980. The number of hydrogen-bond donors (Lipinski definition) is 1. The first kappa shape index (κ1) is 17.0. The minimum absolute atomic E-state index is 0.109. The van der Waals surface area contributed by atoms with Crippen LogP contribution in [0.4, 0.5) is 4.79 Å². The molecule has 1 fully saturated rings. The third-order valence-corrected chi connectivity index (χ3v) is 2.69. The van der Waals surface area contributed by atoms with Crippen LogP contribution in [0.3, 0.4) is 0 Å². The molecule has 1 rings (SSSR count). The molecule has 1 heterocycles. The van der Waals surface area contributed by atoms with Gasteiger partial charge in [-0.25, -0.2) is 14.5 Å². The van der Waals surface area contributed by atoms with Crippen LogP contribution in [-0.4, -0.2) is 48.2 Å². The molecule has 0 aromatic carbocycles.